The second-order valence-electron chi connectivity index (χ2n) is 2.82. The zero-order valence-corrected chi connectivity index (χ0v) is 6.26. The SMILES string of the molecule is C=C(C)[C@H]1C=CC(=O)CC1. The fourth-order valence-corrected chi connectivity index (χ4v) is 1.11. The van der Waals surface area contributed by atoms with Crippen LogP contribution in [-0.4, -0.2) is 5.78 Å². The van der Waals surface area contributed by atoms with Crippen LogP contribution in [0.2, 0.25) is 0 Å². The number of hydrogen-bond acceptors (Lipinski definition) is 1. The molecular formula is C9H12O. The third-order valence-corrected chi connectivity index (χ3v) is 1.85. The molecule has 0 saturated heterocycles. The minimum absolute atomic E-state index is 0.248. The lowest BCUT2D eigenvalue weighted by Crippen LogP contribution is -2.07. The third kappa shape index (κ3) is 1.56. The van der Waals surface area contributed by atoms with Gasteiger partial charge in [0.1, 0.15) is 0 Å². The Morgan fingerprint density at radius 3 is 2.90 bits per heavy atom. The van der Waals surface area contributed by atoms with Gasteiger partial charge in [0.2, 0.25) is 0 Å². The quantitative estimate of drug-likeness (QED) is 0.504. The smallest absolute Gasteiger partial charge is 0.155 e. The zero-order chi connectivity index (χ0) is 7.56. The number of hydrogen-bond donors (Lipinski definition) is 0. The van der Waals surface area contributed by atoms with Gasteiger partial charge in [-0.25, -0.2) is 0 Å². The van der Waals surface area contributed by atoms with E-state index >= 15 is 0 Å². The minimum Gasteiger partial charge on any atom is -0.295 e. The lowest BCUT2D eigenvalue weighted by atomic mass is 9.90. The van der Waals surface area contributed by atoms with Gasteiger partial charge in [0.25, 0.3) is 0 Å². The summed E-state index contributed by atoms with van der Waals surface area (Å²) in [4.78, 5) is 10.7. The first-order valence-electron chi connectivity index (χ1n) is 3.56. The maximum atomic E-state index is 10.7. The molecule has 1 nitrogen and oxygen atoms in total. The topological polar surface area (TPSA) is 17.1 Å². The normalized spacial score (nSPS) is 24.9. The predicted octanol–water partition coefficient (Wildman–Crippen LogP) is 2.10. The van der Waals surface area contributed by atoms with Gasteiger partial charge >= 0.3 is 0 Å². The average molecular weight is 136 g/mol. The summed E-state index contributed by atoms with van der Waals surface area (Å²) >= 11 is 0. The standard InChI is InChI=1S/C9H12O/c1-7(2)8-3-5-9(10)6-4-8/h3,5,8H,1,4,6H2,2H3/t8-/m0/s1. The van der Waals surface area contributed by atoms with Gasteiger partial charge in [-0.15, -0.1) is 0 Å². The van der Waals surface area contributed by atoms with Crippen molar-refractivity contribution >= 4 is 5.78 Å². The summed E-state index contributed by atoms with van der Waals surface area (Å²) in [6.07, 6.45) is 5.26. The molecule has 0 radical (unpaired) electrons. The van der Waals surface area contributed by atoms with Gasteiger partial charge in [0.15, 0.2) is 5.78 Å². The molecule has 1 heteroatoms. The largest absolute Gasteiger partial charge is 0.295 e. The van der Waals surface area contributed by atoms with Crippen molar-refractivity contribution in [1.82, 2.24) is 0 Å². The molecule has 1 atom stereocenters. The molecule has 0 saturated carbocycles. The van der Waals surface area contributed by atoms with Crippen molar-refractivity contribution < 1.29 is 4.79 Å². The molecule has 54 valence electrons. The summed E-state index contributed by atoms with van der Waals surface area (Å²) in [5, 5.41) is 0. The van der Waals surface area contributed by atoms with Crippen LogP contribution >= 0.6 is 0 Å². The van der Waals surface area contributed by atoms with E-state index in [0.717, 1.165) is 12.0 Å². The van der Waals surface area contributed by atoms with Gasteiger partial charge in [0, 0.05) is 6.42 Å². The van der Waals surface area contributed by atoms with Crippen molar-refractivity contribution in [2.24, 2.45) is 5.92 Å². The fraction of sp³-hybridized carbons (Fsp3) is 0.444. The Morgan fingerprint density at radius 1 is 1.80 bits per heavy atom. The lowest BCUT2D eigenvalue weighted by Gasteiger charge is -2.14. The summed E-state index contributed by atoms with van der Waals surface area (Å²) in [6.45, 7) is 5.85. The Kier molecular flexibility index (Phi) is 2.05. The zero-order valence-electron chi connectivity index (χ0n) is 6.26. The van der Waals surface area contributed by atoms with Crippen LogP contribution in [0.4, 0.5) is 0 Å². The van der Waals surface area contributed by atoms with Crippen LogP contribution in [0.15, 0.2) is 24.3 Å². The number of rotatable bonds is 1. The second-order valence-corrected chi connectivity index (χ2v) is 2.82. The summed E-state index contributed by atoms with van der Waals surface area (Å²) in [5.74, 6) is 0.690. The third-order valence-electron chi connectivity index (χ3n) is 1.85. The monoisotopic (exact) mass is 136 g/mol. The summed E-state index contributed by atoms with van der Waals surface area (Å²) in [5.41, 5.74) is 1.16. The van der Waals surface area contributed by atoms with Crippen LogP contribution in [0, 0.1) is 5.92 Å². The Morgan fingerprint density at radius 2 is 2.50 bits per heavy atom. The van der Waals surface area contributed by atoms with Crippen molar-refractivity contribution in [2.75, 3.05) is 0 Å². The van der Waals surface area contributed by atoms with E-state index in [4.69, 9.17) is 0 Å². The molecule has 0 amide bonds. The van der Waals surface area contributed by atoms with Crippen LogP contribution in [0.5, 0.6) is 0 Å². The van der Waals surface area contributed by atoms with E-state index < -0.39 is 0 Å². The molecule has 1 aliphatic rings. The van der Waals surface area contributed by atoms with Gasteiger partial charge in [-0.1, -0.05) is 18.2 Å². The highest BCUT2D eigenvalue weighted by Gasteiger charge is 2.12. The van der Waals surface area contributed by atoms with E-state index in [1.807, 2.05) is 13.0 Å². The van der Waals surface area contributed by atoms with E-state index in [0.29, 0.717) is 12.3 Å². The molecule has 0 spiro atoms. The van der Waals surface area contributed by atoms with Crippen LogP contribution < -0.4 is 0 Å². The van der Waals surface area contributed by atoms with Crippen molar-refractivity contribution in [2.45, 2.75) is 19.8 Å². The van der Waals surface area contributed by atoms with Gasteiger partial charge in [-0.3, -0.25) is 4.79 Å². The predicted molar refractivity (Wildman–Crippen MR) is 41.7 cm³/mol. The first kappa shape index (κ1) is 7.26. The minimum atomic E-state index is 0.248. The van der Waals surface area contributed by atoms with E-state index in [1.165, 1.54) is 0 Å². The molecular weight excluding hydrogens is 124 g/mol. The molecule has 0 unspecified atom stereocenters. The molecule has 0 fully saturated rings. The van der Waals surface area contributed by atoms with E-state index in [2.05, 4.69) is 6.58 Å². The first-order chi connectivity index (χ1) is 4.70. The van der Waals surface area contributed by atoms with Gasteiger partial charge < -0.3 is 0 Å². The van der Waals surface area contributed by atoms with Crippen LogP contribution in [0.25, 0.3) is 0 Å². The lowest BCUT2D eigenvalue weighted by molar-refractivity contribution is -0.115. The highest BCUT2D eigenvalue weighted by atomic mass is 16.1. The van der Waals surface area contributed by atoms with Crippen molar-refractivity contribution in [3.05, 3.63) is 24.3 Å². The molecule has 0 aromatic rings. The van der Waals surface area contributed by atoms with E-state index in [-0.39, 0.29) is 5.78 Å². The van der Waals surface area contributed by atoms with Crippen molar-refractivity contribution in [1.29, 1.82) is 0 Å². The van der Waals surface area contributed by atoms with Crippen LogP contribution in [0.1, 0.15) is 19.8 Å². The Bertz CT molecular complexity index is 189. The molecule has 0 bridgehead atoms. The van der Waals surface area contributed by atoms with Crippen molar-refractivity contribution in [3.8, 4) is 0 Å². The average Bonchev–Trinajstić information content (AvgIpc) is 1.88. The van der Waals surface area contributed by atoms with Crippen LogP contribution in [0.3, 0.4) is 0 Å². The van der Waals surface area contributed by atoms with Crippen molar-refractivity contribution in [3.63, 3.8) is 0 Å². The number of ketones is 1. The summed E-state index contributed by atoms with van der Waals surface area (Å²) in [6, 6.07) is 0. The van der Waals surface area contributed by atoms with Gasteiger partial charge in [-0.05, 0) is 25.3 Å². The molecule has 10 heavy (non-hydrogen) atoms. The van der Waals surface area contributed by atoms with E-state index in [1.54, 1.807) is 6.08 Å². The molecule has 1 aliphatic carbocycles. The highest BCUT2D eigenvalue weighted by molar-refractivity contribution is 5.90. The first-order valence-corrected chi connectivity index (χ1v) is 3.56. The Hall–Kier alpha value is -0.850. The highest BCUT2D eigenvalue weighted by Crippen LogP contribution is 2.20. The van der Waals surface area contributed by atoms with Gasteiger partial charge in [-0.2, -0.15) is 0 Å². The molecule has 0 aromatic carbocycles. The summed E-state index contributed by atoms with van der Waals surface area (Å²) in [7, 11) is 0. The number of carbonyl (C=O) groups is 1. The Balaban J connectivity index is 2.61. The number of carbonyl (C=O) groups excluding carboxylic acids is 1. The molecule has 0 N–H and O–H groups in total. The molecule has 1 rings (SSSR count). The molecule has 0 aliphatic heterocycles. The van der Waals surface area contributed by atoms with Crippen LogP contribution in [-0.2, 0) is 4.79 Å². The maximum Gasteiger partial charge on any atom is 0.155 e. The molecule has 0 aromatic heterocycles. The fourth-order valence-electron chi connectivity index (χ4n) is 1.11. The Labute approximate surface area is 61.4 Å². The van der Waals surface area contributed by atoms with Gasteiger partial charge in [0.05, 0.1) is 0 Å². The maximum absolute atomic E-state index is 10.7. The number of allylic oxidation sites excluding steroid dienone is 3. The molecule has 0 heterocycles. The summed E-state index contributed by atoms with van der Waals surface area (Å²) < 4.78 is 0. The second kappa shape index (κ2) is 2.82. The van der Waals surface area contributed by atoms with E-state index in [9.17, 15) is 4.79 Å².